The van der Waals surface area contributed by atoms with Gasteiger partial charge in [-0.2, -0.15) is 0 Å². The molecule has 7 heteroatoms. The van der Waals surface area contributed by atoms with Crippen LogP contribution in [0.4, 0.5) is 5.82 Å². The van der Waals surface area contributed by atoms with Gasteiger partial charge in [-0.1, -0.05) is 13.0 Å². The van der Waals surface area contributed by atoms with Crippen molar-refractivity contribution in [1.29, 1.82) is 0 Å². The highest BCUT2D eigenvalue weighted by Crippen LogP contribution is 2.14. The number of halogens is 1. The van der Waals surface area contributed by atoms with Gasteiger partial charge in [-0.25, -0.2) is 4.98 Å². The molecule has 0 saturated carbocycles. The molecule has 0 aliphatic carbocycles. The van der Waals surface area contributed by atoms with Gasteiger partial charge in [0, 0.05) is 38.9 Å². The first-order chi connectivity index (χ1) is 11.3. The summed E-state index contributed by atoms with van der Waals surface area (Å²) in [5.41, 5.74) is 1.05. The van der Waals surface area contributed by atoms with Crippen LogP contribution < -0.4 is 15.5 Å². The first-order valence-corrected chi connectivity index (χ1v) is 8.69. The molecular weight excluding hydrogens is 326 g/mol. The van der Waals surface area contributed by atoms with E-state index in [9.17, 15) is 4.79 Å². The lowest BCUT2D eigenvalue weighted by Crippen LogP contribution is -2.46. The molecule has 1 atom stereocenters. The summed E-state index contributed by atoms with van der Waals surface area (Å²) < 4.78 is 0. The Bertz CT molecular complexity index is 510. The molecular formula is C17H28ClN5O. The van der Waals surface area contributed by atoms with Crippen molar-refractivity contribution < 1.29 is 4.79 Å². The van der Waals surface area contributed by atoms with Crippen LogP contribution in [0.2, 0.25) is 0 Å². The summed E-state index contributed by atoms with van der Waals surface area (Å²) in [7, 11) is 0. The predicted molar refractivity (Wildman–Crippen MR) is 98.7 cm³/mol. The van der Waals surface area contributed by atoms with Crippen LogP contribution in [-0.2, 0) is 11.3 Å². The Morgan fingerprint density at radius 2 is 2.12 bits per heavy atom. The first kappa shape index (κ1) is 19.0. The molecule has 6 nitrogen and oxygen atoms in total. The number of piperazine rings is 1. The number of nitrogens with zero attached hydrogens (tertiary/aromatic N) is 3. The summed E-state index contributed by atoms with van der Waals surface area (Å²) in [5, 5.41) is 6.21. The van der Waals surface area contributed by atoms with Crippen molar-refractivity contribution in [3.05, 3.63) is 23.9 Å². The van der Waals surface area contributed by atoms with Gasteiger partial charge in [0.2, 0.25) is 5.91 Å². The van der Waals surface area contributed by atoms with Crippen LogP contribution in [0, 0.1) is 0 Å². The molecule has 0 radical (unpaired) electrons. The molecule has 2 aliphatic rings. The number of hydrogen-bond donors (Lipinski definition) is 2. The van der Waals surface area contributed by atoms with E-state index in [1.807, 2.05) is 6.20 Å². The van der Waals surface area contributed by atoms with E-state index in [1.54, 1.807) is 0 Å². The van der Waals surface area contributed by atoms with E-state index in [4.69, 9.17) is 0 Å². The van der Waals surface area contributed by atoms with E-state index < -0.39 is 0 Å². The molecule has 1 aromatic heterocycles. The third-order valence-electron chi connectivity index (χ3n) is 4.80. The van der Waals surface area contributed by atoms with Crippen molar-refractivity contribution in [3.8, 4) is 0 Å². The second-order valence-corrected chi connectivity index (χ2v) is 6.31. The number of carbonyl (C=O) groups excluding carboxylic acids is 1. The molecule has 24 heavy (non-hydrogen) atoms. The van der Waals surface area contributed by atoms with Crippen LogP contribution in [0.3, 0.4) is 0 Å². The van der Waals surface area contributed by atoms with Crippen LogP contribution in [-0.4, -0.2) is 61.1 Å². The van der Waals surface area contributed by atoms with Crippen molar-refractivity contribution in [1.82, 2.24) is 20.5 Å². The van der Waals surface area contributed by atoms with Crippen molar-refractivity contribution >= 4 is 24.1 Å². The Morgan fingerprint density at radius 3 is 2.71 bits per heavy atom. The fraction of sp³-hybridized carbons (Fsp3) is 0.647. The number of nitrogens with one attached hydrogen (secondary N) is 2. The molecule has 1 amide bonds. The molecule has 2 aliphatic heterocycles. The van der Waals surface area contributed by atoms with E-state index in [1.165, 1.54) is 0 Å². The van der Waals surface area contributed by atoms with Crippen molar-refractivity contribution in [2.75, 3.05) is 44.2 Å². The lowest BCUT2D eigenvalue weighted by molar-refractivity contribution is -0.122. The highest BCUT2D eigenvalue weighted by molar-refractivity contribution is 5.85. The second kappa shape index (κ2) is 9.20. The zero-order chi connectivity index (χ0) is 16.1. The van der Waals surface area contributed by atoms with Gasteiger partial charge in [0.25, 0.3) is 0 Å². The quantitative estimate of drug-likeness (QED) is 0.827. The number of pyridine rings is 1. The molecule has 2 saturated heterocycles. The van der Waals surface area contributed by atoms with Gasteiger partial charge in [0.05, 0.1) is 6.04 Å². The maximum absolute atomic E-state index is 12.0. The van der Waals surface area contributed by atoms with Crippen molar-refractivity contribution in [2.24, 2.45) is 0 Å². The zero-order valence-corrected chi connectivity index (χ0v) is 15.1. The number of carbonyl (C=O) groups is 1. The van der Waals surface area contributed by atoms with E-state index in [0.29, 0.717) is 6.54 Å². The van der Waals surface area contributed by atoms with E-state index >= 15 is 0 Å². The number of rotatable bonds is 5. The molecule has 2 fully saturated rings. The summed E-state index contributed by atoms with van der Waals surface area (Å²) in [5.74, 6) is 1.13. The molecule has 1 unspecified atom stereocenters. The third-order valence-corrected chi connectivity index (χ3v) is 4.80. The molecule has 0 spiro atoms. The Hall–Kier alpha value is -1.37. The lowest BCUT2D eigenvalue weighted by atomic mass is 10.2. The largest absolute Gasteiger partial charge is 0.354 e. The summed E-state index contributed by atoms with van der Waals surface area (Å²) in [6.45, 7) is 9.09. The van der Waals surface area contributed by atoms with Gasteiger partial charge in [0.1, 0.15) is 5.82 Å². The third kappa shape index (κ3) is 4.82. The smallest absolute Gasteiger partial charge is 0.237 e. The average Bonchev–Trinajstić information content (AvgIpc) is 3.15. The van der Waals surface area contributed by atoms with Crippen molar-refractivity contribution in [2.45, 2.75) is 32.4 Å². The summed E-state index contributed by atoms with van der Waals surface area (Å²) >= 11 is 0. The zero-order valence-electron chi connectivity index (χ0n) is 14.3. The minimum absolute atomic E-state index is 0. The van der Waals surface area contributed by atoms with Gasteiger partial charge in [-0.3, -0.25) is 4.79 Å². The van der Waals surface area contributed by atoms with Gasteiger partial charge < -0.3 is 20.4 Å². The van der Waals surface area contributed by atoms with Crippen LogP contribution in [0.5, 0.6) is 0 Å². The van der Waals surface area contributed by atoms with Crippen LogP contribution >= 0.6 is 12.4 Å². The van der Waals surface area contributed by atoms with Gasteiger partial charge in [-0.15, -0.1) is 12.4 Å². The predicted octanol–water partition coefficient (Wildman–Crippen LogP) is 1.01. The van der Waals surface area contributed by atoms with Crippen molar-refractivity contribution in [3.63, 3.8) is 0 Å². The van der Waals surface area contributed by atoms with Gasteiger partial charge >= 0.3 is 0 Å². The highest BCUT2D eigenvalue weighted by Gasteiger charge is 2.21. The standard InChI is InChI=1S/C17H27N5O.ClH/c1-2-21-8-10-22(11-9-21)16-6-5-14(12-19-16)13-20-17(23)15-4-3-7-18-15;/h5-6,12,15,18H,2-4,7-11,13H2,1H3,(H,20,23);1H. The number of hydrogen-bond acceptors (Lipinski definition) is 5. The Morgan fingerprint density at radius 1 is 1.33 bits per heavy atom. The maximum atomic E-state index is 12.0. The molecule has 134 valence electrons. The molecule has 2 N–H and O–H groups in total. The monoisotopic (exact) mass is 353 g/mol. The number of amides is 1. The molecule has 3 rings (SSSR count). The molecule has 3 heterocycles. The summed E-state index contributed by atoms with van der Waals surface area (Å²) in [6, 6.07) is 4.12. The Labute approximate surface area is 150 Å². The number of likely N-dealkylation sites (N-methyl/N-ethyl adjacent to an activating group) is 1. The second-order valence-electron chi connectivity index (χ2n) is 6.31. The Kier molecular flexibility index (Phi) is 7.27. The molecule has 0 bridgehead atoms. The average molecular weight is 354 g/mol. The fourth-order valence-electron chi connectivity index (χ4n) is 3.22. The van der Waals surface area contributed by atoms with Gasteiger partial charge in [0.15, 0.2) is 0 Å². The summed E-state index contributed by atoms with van der Waals surface area (Å²) in [6.07, 6.45) is 3.90. The SMILES string of the molecule is CCN1CCN(c2ccc(CNC(=O)C3CCCN3)cn2)CC1.Cl. The highest BCUT2D eigenvalue weighted by atomic mass is 35.5. The first-order valence-electron chi connectivity index (χ1n) is 8.69. The van der Waals surface area contributed by atoms with Crippen LogP contribution in [0.25, 0.3) is 0 Å². The van der Waals surface area contributed by atoms with Gasteiger partial charge in [-0.05, 0) is 37.6 Å². The lowest BCUT2D eigenvalue weighted by Gasteiger charge is -2.34. The normalized spacial score (nSPS) is 21.4. The minimum Gasteiger partial charge on any atom is -0.354 e. The maximum Gasteiger partial charge on any atom is 0.237 e. The number of aromatic nitrogens is 1. The molecule has 1 aromatic rings. The van der Waals surface area contributed by atoms with E-state index in [0.717, 1.165) is 63.5 Å². The summed E-state index contributed by atoms with van der Waals surface area (Å²) in [4.78, 5) is 21.3. The Balaban J connectivity index is 0.00000208. The van der Waals surface area contributed by atoms with Crippen LogP contribution in [0.1, 0.15) is 25.3 Å². The fourth-order valence-corrected chi connectivity index (χ4v) is 3.22. The van der Waals surface area contributed by atoms with Crippen LogP contribution in [0.15, 0.2) is 18.3 Å². The van der Waals surface area contributed by atoms with E-state index in [2.05, 4.69) is 44.5 Å². The topological polar surface area (TPSA) is 60.5 Å². The van der Waals surface area contributed by atoms with E-state index in [-0.39, 0.29) is 24.4 Å². The number of anilines is 1. The minimum atomic E-state index is -0.0166. The molecule has 0 aromatic carbocycles.